The molecule has 1 fully saturated rings. The van der Waals surface area contributed by atoms with Crippen molar-refractivity contribution in [3.8, 4) is 11.5 Å². The molecule has 0 amide bonds. The molecular formula is C21H22ClNO8S. The van der Waals surface area contributed by atoms with E-state index in [4.69, 9.17) is 35.3 Å². The van der Waals surface area contributed by atoms with Gasteiger partial charge in [0.1, 0.15) is 23.0 Å². The summed E-state index contributed by atoms with van der Waals surface area (Å²) < 4.78 is 54.2. The highest BCUT2D eigenvalue weighted by Crippen LogP contribution is 2.33. The zero-order valence-electron chi connectivity index (χ0n) is 17.3. The number of esters is 1. The molecule has 2 heterocycles. The molecule has 4 rings (SSSR count). The number of halogens is 1. The van der Waals surface area contributed by atoms with Crippen molar-refractivity contribution in [1.82, 2.24) is 4.31 Å². The molecule has 0 aliphatic carbocycles. The molecule has 32 heavy (non-hydrogen) atoms. The van der Waals surface area contributed by atoms with Crippen LogP contribution >= 0.6 is 11.6 Å². The van der Waals surface area contributed by atoms with Crippen molar-refractivity contribution in [2.45, 2.75) is 18.1 Å². The number of sulfonamides is 1. The predicted octanol–water partition coefficient (Wildman–Crippen LogP) is 2.59. The van der Waals surface area contributed by atoms with Crippen LogP contribution in [-0.4, -0.2) is 58.9 Å². The van der Waals surface area contributed by atoms with Gasteiger partial charge in [0.2, 0.25) is 10.0 Å². The smallest absolute Gasteiger partial charge is 0.338 e. The summed E-state index contributed by atoms with van der Waals surface area (Å²) in [6.07, 6.45) is 0. The summed E-state index contributed by atoms with van der Waals surface area (Å²) in [6.45, 7) is 1.41. The molecule has 0 spiro atoms. The lowest BCUT2D eigenvalue weighted by Gasteiger charge is -2.26. The molecule has 11 heteroatoms. The van der Waals surface area contributed by atoms with Gasteiger partial charge in [-0.3, -0.25) is 0 Å². The molecule has 0 bridgehead atoms. The highest BCUT2D eigenvalue weighted by Gasteiger charge is 2.30. The molecule has 2 aliphatic heterocycles. The highest BCUT2D eigenvalue weighted by atomic mass is 35.5. The van der Waals surface area contributed by atoms with Gasteiger partial charge in [0.05, 0.1) is 32.5 Å². The maximum absolute atomic E-state index is 13.1. The Bertz CT molecular complexity index is 1120. The second-order valence-corrected chi connectivity index (χ2v) is 9.46. The second kappa shape index (κ2) is 9.63. The van der Waals surface area contributed by atoms with Gasteiger partial charge in [0.15, 0.2) is 6.79 Å². The summed E-state index contributed by atoms with van der Waals surface area (Å²) in [5.41, 5.74) is 1.44. The van der Waals surface area contributed by atoms with Gasteiger partial charge in [-0.2, -0.15) is 4.31 Å². The van der Waals surface area contributed by atoms with Gasteiger partial charge in [-0.05, 0) is 30.3 Å². The summed E-state index contributed by atoms with van der Waals surface area (Å²) in [6, 6.07) is 7.54. The Morgan fingerprint density at radius 1 is 1.16 bits per heavy atom. The first-order valence-electron chi connectivity index (χ1n) is 9.85. The van der Waals surface area contributed by atoms with E-state index >= 15 is 0 Å². The van der Waals surface area contributed by atoms with Crippen molar-refractivity contribution in [3.05, 3.63) is 52.0 Å². The van der Waals surface area contributed by atoms with Gasteiger partial charge in [0, 0.05) is 29.2 Å². The number of nitrogens with zero attached hydrogens (tertiary/aromatic N) is 1. The third-order valence-corrected chi connectivity index (χ3v) is 7.24. The quantitative estimate of drug-likeness (QED) is 0.578. The monoisotopic (exact) mass is 483 g/mol. The minimum atomic E-state index is -3.88. The van der Waals surface area contributed by atoms with E-state index in [-0.39, 0.29) is 42.7 Å². The van der Waals surface area contributed by atoms with Gasteiger partial charge < -0.3 is 23.7 Å². The van der Waals surface area contributed by atoms with Crippen molar-refractivity contribution in [2.24, 2.45) is 0 Å². The van der Waals surface area contributed by atoms with E-state index in [0.717, 1.165) is 5.56 Å². The van der Waals surface area contributed by atoms with Crippen LogP contribution in [0.1, 0.15) is 21.5 Å². The fourth-order valence-corrected chi connectivity index (χ4v) is 5.37. The Morgan fingerprint density at radius 3 is 2.69 bits per heavy atom. The normalized spacial score (nSPS) is 16.7. The van der Waals surface area contributed by atoms with Crippen molar-refractivity contribution in [3.63, 3.8) is 0 Å². The fourth-order valence-electron chi connectivity index (χ4n) is 3.52. The zero-order chi connectivity index (χ0) is 22.7. The van der Waals surface area contributed by atoms with Gasteiger partial charge >= 0.3 is 5.97 Å². The number of fused-ring (bicyclic) bond motifs is 1. The Kier molecular flexibility index (Phi) is 6.87. The molecule has 0 N–H and O–H groups in total. The van der Waals surface area contributed by atoms with Gasteiger partial charge in [-0.1, -0.05) is 11.6 Å². The largest absolute Gasteiger partial charge is 0.495 e. The van der Waals surface area contributed by atoms with Crippen molar-refractivity contribution in [1.29, 1.82) is 0 Å². The SMILES string of the molecule is COc1ccc(C(=O)OCc2cc(Cl)cc3c2OCOC3)cc1S(=O)(=O)N1CCOCC1. The third kappa shape index (κ3) is 4.69. The Balaban J connectivity index is 1.56. The van der Waals surface area contributed by atoms with E-state index in [9.17, 15) is 13.2 Å². The van der Waals surface area contributed by atoms with E-state index in [1.54, 1.807) is 12.1 Å². The molecule has 0 atom stereocenters. The number of rotatable bonds is 6. The summed E-state index contributed by atoms with van der Waals surface area (Å²) in [4.78, 5) is 12.6. The molecule has 1 saturated heterocycles. The van der Waals surface area contributed by atoms with E-state index in [1.165, 1.54) is 29.6 Å². The second-order valence-electron chi connectivity index (χ2n) is 7.12. The van der Waals surface area contributed by atoms with E-state index < -0.39 is 16.0 Å². The molecule has 0 radical (unpaired) electrons. The molecule has 172 valence electrons. The summed E-state index contributed by atoms with van der Waals surface area (Å²) >= 11 is 6.15. The van der Waals surface area contributed by atoms with Crippen LogP contribution in [0.5, 0.6) is 11.5 Å². The van der Waals surface area contributed by atoms with Crippen molar-refractivity contribution >= 4 is 27.6 Å². The van der Waals surface area contributed by atoms with E-state index in [0.29, 0.717) is 36.2 Å². The number of methoxy groups -OCH3 is 1. The number of morpholine rings is 1. The van der Waals surface area contributed by atoms with Gasteiger partial charge in [-0.15, -0.1) is 0 Å². The Hall–Kier alpha value is -2.37. The van der Waals surface area contributed by atoms with Crippen LogP contribution in [0.25, 0.3) is 0 Å². The molecule has 0 aromatic heterocycles. The summed E-state index contributed by atoms with van der Waals surface area (Å²) in [5.74, 6) is 0.0241. The number of benzene rings is 2. The van der Waals surface area contributed by atoms with Crippen molar-refractivity contribution in [2.75, 3.05) is 40.2 Å². The number of ether oxygens (including phenoxy) is 5. The molecular weight excluding hydrogens is 462 g/mol. The minimum Gasteiger partial charge on any atom is -0.495 e. The third-order valence-electron chi connectivity index (χ3n) is 5.10. The van der Waals surface area contributed by atoms with Crippen LogP contribution in [0, 0.1) is 0 Å². The average molecular weight is 484 g/mol. The standard InChI is InChI=1S/C21H22ClNO8S/c1-27-18-3-2-14(10-19(18)32(25,26)23-4-6-28-7-5-23)21(24)30-12-16-9-17(22)8-15-11-29-13-31-20(15)16/h2-3,8-10H,4-7,11-13H2,1H3. The van der Waals surface area contributed by atoms with Gasteiger partial charge in [0.25, 0.3) is 0 Å². The highest BCUT2D eigenvalue weighted by molar-refractivity contribution is 7.89. The topological polar surface area (TPSA) is 101 Å². The maximum atomic E-state index is 13.1. The number of carbonyl (C=O) groups excluding carboxylic acids is 1. The number of carbonyl (C=O) groups is 1. The van der Waals surface area contributed by atoms with E-state index in [2.05, 4.69) is 0 Å². The van der Waals surface area contributed by atoms with Crippen LogP contribution in [-0.2, 0) is 37.4 Å². The number of hydrogen-bond donors (Lipinski definition) is 0. The predicted molar refractivity (Wildman–Crippen MR) is 113 cm³/mol. The molecule has 0 saturated carbocycles. The van der Waals surface area contributed by atoms with Crippen LogP contribution < -0.4 is 9.47 Å². The fraction of sp³-hybridized carbons (Fsp3) is 0.381. The first-order valence-corrected chi connectivity index (χ1v) is 11.7. The van der Waals surface area contributed by atoms with Gasteiger partial charge in [-0.25, -0.2) is 13.2 Å². The van der Waals surface area contributed by atoms with Crippen LogP contribution in [0.3, 0.4) is 0 Å². The summed E-state index contributed by atoms with van der Waals surface area (Å²) in [7, 11) is -2.50. The molecule has 2 aliphatic rings. The zero-order valence-corrected chi connectivity index (χ0v) is 18.9. The van der Waals surface area contributed by atoms with Crippen LogP contribution in [0.4, 0.5) is 0 Å². The van der Waals surface area contributed by atoms with Crippen LogP contribution in [0.2, 0.25) is 5.02 Å². The Morgan fingerprint density at radius 2 is 1.94 bits per heavy atom. The molecule has 2 aromatic rings. The maximum Gasteiger partial charge on any atom is 0.338 e. The first-order chi connectivity index (χ1) is 15.4. The number of hydrogen-bond acceptors (Lipinski definition) is 8. The Labute approximate surface area is 190 Å². The molecule has 9 nitrogen and oxygen atoms in total. The minimum absolute atomic E-state index is 0.0813. The van der Waals surface area contributed by atoms with Crippen LogP contribution in [0.15, 0.2) is 35.2 Å². The molecule has 0 unspecified atom stereocenters. The van der Waals surface area contributed by atoms with Crippen molar-refractivity contribution < 1.29 is 36.9 Å². The summed E-state index contributed by atoms with van der Waals surface area (Å²) in [5, 5.41) is 0.465. The molecule has 2 aromatic carbocycles. The van der Waals surface area contributed by atoms with E-state index in [1.807, 2.05) is 0 Å². The first kappa shape index (κ1) is 22.8. The lowest BCUT2D eigenvalue weighted by Crippen LogP contribution is -2.40. The lowest BCUT2D eigenvalue weighted by atomic mass is 10.1. The lowest BCUT2D eigenvalue weighted by molar-refractivity contribution is -0.0180. The average Bonchev–Trinajstić information content (AvgIpc) is 2.82.